The Morgan fingerprint density at radius 2 is 2.32 bits per heavy atom. The van der Waals surface area contributed by atoms with Crippen molar-refractivity contribution in [2.45, 2.75) is 32.1 Å². The van der Waals surface area contributed by atoms with Gasteiger partial charge in [0.1, 0.15) is 5.75 Å². The summed E-state index contributed by atoms with van der Waals surface area (Å²) in [5.41, 5.74) is 2.89. The van der Waals surface area contributed by atoms with Gasteiger partial charge < -0.3 is 9.47 Å². The first-order valence-corrected chi connectivity index (χ1v) is 6.68. The van der Waals surface area contributed by atoms with Crippen molar-refractivity contribution in [3.05, 3.63) is 28.8 Å². The molecule has 2 aliphatic rings. The molecule has 0 aromatic heterocycles. The molecule has 1 heterocycles. The Morgan fingerprint density at radius 1 is 1.47 bits per heavy atom. The van der Waals surface area contributed by atoms with Crippen LogP contribution in [0.25, 0.3) is 0 Å². The second-order valence-corrected chi connectivity index (χ2v) is 4.94. The predicted molar refractivity (Wildman–Crippen MR) is 68.6 cm³/mol. The van der Waals surface area contributed by atoms with E-state index >= 15 is 0 Å². The van der Waals surface area contributed by atoms with Crippen LogP contribution in [0.15, 0.2) is 12.1 Å². The third-order valence-electron chi connectivity index (χ3n) is 3.78. The average Bonchev–Trinajstić information content (AvgIpc) is 2.94. The van der Waals surface area contributed by atoms with Crippen molar-refractivity contribution < 1.29 is 19.1 Å². The van der Waals surface area contributed by atoms with Crippen molar-refractivity contribution in [3.8, 4) is 5.75 Å². The van der Waals surface area contributed by atoms with Crippen molar-refractivity contribution in [3.63, 3.8) is 0 Å². The lowest BCUT2D eigenvalue weighted by molar-refractivity contribution is -0.143. The molecule has 0 saturated carbocycles. The quantitative estimate of drug-likeness (QED) is 0.782. The van der Waals surface area contributed by atoms with Gasteiger partial charge in [-0.1, -0.05) is 0 Å². The van der Waals surface area contributed by atoms with Crippen LogP contribution in [0.5, 0.6) is 5.75 Å². The molecule has 1 aliphatic carbocycles. The topological polar surface area (TPSA) is 52.6 Å². The lowest BCUT2D eigenvalue weighted by Crippen LogP contribution is -2.09. The molecule has 4 heteroatoms. The van der Waals surface area contributed by atoms with E-state index < -0.39 is 0 Å². The van der Waals surface area contributed by atoms with Crippen molar-refractivity contribution in [2.75, 3.05) is 13.2 Å². The molecule has 0 spiro atoms. The van der Waals surface area contributed by atoms with E-state index in [-0.39, 0.29) is 24.1 Å². The summed E-state index contributed by atoms with van der Waals surface area (Å²) in [7, 11) is 0. The largest absolute Gasteiger partial charge is 0.493 e. The summed E-state index contributed by atoms with van der Waals surface area (Å²) in [6.07, 6.45) is 1.51. The lowest BCUT2D eigenvalue weighted by atomic mass is 9.92. The molecule has 1 atom stereocenters. The molecule has 1 aliphatic heterocycles. The molecule has 1 aromatic carbocycles. The van der Waals surface area contributed by atoms with Crippen LogP contribution in [-0.2, 0) is 16.0 Å². The van der Waals surface area contributed by atoms with E-state index in [2.05, 4.69) is 0 Å². The van der Waals surface area contributed by atoms with Crippen LogP contribution in [-0.4, -0.2) is 25.0 Å². The summed E-state index contributed by atoms with van der Waals surface area (Å²) in [6.45, 7) is 2.83. The van der Waals surface area contributed by atoms with Crippen LogP contribution in [0.4, 0.5) is 0 Å². The van der Waals surface area contributed by atoms with Gasteiger partial charge in [0.05, 0.1) is 19.6 Å². The van der Waals surface area contributed by atoms with Crippen molar-refractivity contribution in [2.24, 2.45) is 0 Å². The van der Waals surface area contributed by atoms with Crippen LogP contribution in [0.1, 0.15) is 47.2 Å². The Hall–Kier alpha value is -1.84. The predicted octanol–water partition coefficient (Wildman–Crippen LogP) is 2.24. The number of fused-ring (bicyclic) bond motifs is 3. The van der Waals surface area contributed by atoms with Gasteiger partial charge in [-0.3, -0.25) is 9.59 Å². The molecule has 0 unspecified atom stereocenters. The molecule has 1 aromatic rings. The number of hydrogen-bond donors (Lipinski definition) is 0. The maximum atomic E-state index is 12.0. The molecular weight excluding hydrogens is 244 g/mol. The van der Waals surface area contributed by atoms with Gasteiger partial charge in [-0.15, -0.1) is 0 Å². The van der Waals surface area contributed by atoms with E-state index in [1.165, 1.54) is 0 Å². The smallest absolute Gasteiger partial charge is 0.306 e. The van der Waals surface area contributed by atoms with Gasteiger partial charge in [0, 0.05) is 29.9 Å². The van der Waals surface area contributed by atoms with E-state index in [1.807, 2.05) is 12.1 Å². The van der Waals surface area contributed by atoms with Crippen molar-refractivity contribution in [1.82, 2.24) is 0 Å². The summed E-state index contributed by atoms with van der Waals surface area (Å²) in [5, 5.41) is 0. The SMILES string of the molecule is CCOC(=O)C[C@@H]1CC(=O)c2ccc3c(c21)CCO3. The molecule has 19 heavy (non-hydrogen) atoms. The van der Waals surface area contributed by atoms with E-state index in [0.29, 0.717) is 19.6 Å². The standard InChI is InChI=1S/C15H16O4/c1-2-18-14(17)8-9-7-12(16)10-3-4-13-11(15(9)10)5-6-19-13/h3-4,9H,2,5-8H2,1H3/t9-/m0/s1. The zero-order valence-electron chi connectivity index (χ0n) is 10.9. The molecular formula is C15H16O4. The van der Waals surface area contributed by atoms with E-state index in [0.717, 1.165) is 28.9 Å². The van der Waals surface area contributed by atoms with Crippen LogP contribution < -0.4 is 4.74 Å². The zero-order valence-corrected chi connectivity index (χ0v) is 10.9. The van der Waals surface area contributed by atoms with Crippen LogP contribution in [0, 0.1) is 0 Å². The van der Waals surface area contributed by atoms with Crippen molar-refractivity contribution in [1.29, 1.82) is 0 Å². The molecule has 3 rings (SSSR count). The highest BCUT2D eigenvalue weighted by Gasteiger charge is 2.35. The summed E-state index contributed by atoms with van der Waals surface area (Å²) in [6, 6.07) is 3.69. The van der Waals surface area contributed by atoms with Gasteiger partial charge in [0.2, 0.25) is 0 Å². The molecule has 0 fully saturated rings. The number of hydrogen-bond acceptors (Lipinski definition) is 4. The number of carbonyl (C=O) groups excluding carboxylic acids is 2. The number of ether oxygens (including phenoxy) is 2. The van der Waals surface area contributed by atoms with Crippen LogP contribution in [0.2, 0.25) is 0 Å². The molecule has 0 N–H and O–H groups in total. The highest BCUT2D eigenvalue weighted by Crippen LogP contribution is 2.43. The number of rotatable bonds is 3. The lowest BCUT2D eigenvalue weighted by Gasteiger charge is -2.13. The molecule has 4 nitrogen and oxygen atoms in total. The first-order valence-electron chi connectivity index (χ1n) is 6.68. The molecule has 100 valence electrons. The van der Waals surface area contributed by atoms with E-state index in [9.17, 15) is 9.59 Å². The Labute approximate surface area is 111 Å². The second kappa shape index (κ2) is 4.68. The van der Waals surface area contributed by atoms with Gasteiger partial charge in [-0.05, 0) is 24.6 Å². The fourth-order valence-corrected chi connectivity index (χ4v) is 3.04. The maximum Gasteiger partial charge on any atom is 0.306 e. The third-order valence-corrected chi connectivity index (χ3v) is 3.78. The summed E-state index contributed by atoms with van der Waals surface area (Å²) >= 11 is 0. The average molecular weight is 260 g/mol. The molecule has 0 radical (unpaired) electrons. The zero-order chi connectivity index (χ0) is 13.4. The van der Waals surface area contributed by atoms with Crippen molar-refractivity contribution >= 4 is 11.8 Å². The van der Waals surface area contributed by atoms with Gasteiger partial charge >= 0.3 is 5.97 Å². The molecule has 0 saturated heterocycles. The number of esters is 1. The monoisotopic (exact) mass is 260 g/mol. The summed E-state index contributed by atoms with van der Waals surface area (Å²) < 4.78 is 10.5. The van der Waals surface area contributed by atoms with Crippen LogP contribution >= 0.6 is 0 Å². The Balaban J connectivity index is 1.94. The second-order valence-electron chi connectivity index (χ2n) is 4.94. The van der Waals surface area contributed by atoms with E-state index in [1.54, 1.807) is 6.92 Å². The number of ketones is 1. The molecule has 0 amide bonds. The number of carbonyl (C=O) groups is 2. The van der Waals surface area contributed by atoms with Gasteiger partial charge in [0.15, 0.2) is 5.78 Å². The fraction of sp³-hybridized carbons (Fsp3) is 0.467. The van der Waals surface area contributed by atoms with E-state index in [4.69, 9.17) is 9.47 Å². The summed E-state index contributed by atoms with van der Waals surface area (Å²) in [4.78, 5) is 23.7. The maximum absolute atomic E-state index is 12.0. The first-order chi connectivity index (χ1) is 9.20. The molecule has 0 bridgehead atoms. The van der Waals surface area contributed by atoms with Gasteiger partial charge in [-0.2, -0.15) is 0 Å². The minimum Gasteiger partial charge on any atom is -0.493 e. The van der Waals surface area contributed by atoms with Gasteiger partial charge in [-0.25, -0.2) is 0 Å². The number of benzene rings is 1. The Kier molecular flexibility index (Phi) is 3.01. The minimum absolute atomic E-state index is 0.0433. The highest BCUT2D eigenvalue weighted by molar-refractivity contribution is 6.02. The minimum atomic E-state index is -0.232. The Bertz CT molecular complexity index is 547. The first kappa shape index (κ1) is 12.2. The van der Waals surface area contributed by atoms with Crippen LogP contribution in [0.3, 0.4) is 0 Å². The fourth-order valence-electron chi connectivity index (χ4n) is 3.04. The van der Waals surface area contributed by atoms with Gasteiger partial charge in [0.25, 0.3) is 0 Å². The Morgan fingerprint density at radius 3 is 3.11 bits per heavy atom. The normalized spacial score (nSPS) is 19.8. The number of Topliss-reactive ketones (excluding diaryl/α,β-unsaturated/α-hetero) is 1. The highest BCUT2D eigenvalue weighted by atomic mass is 16.5. The third kappa shape index (κ3) is 2.01. The summed E-state index contributed by atoms with van der Waals surface area (Å²) in [5.74, 6) is 0.712.